The minimum absolute atomic E-state index is 0.160. The molecule has 32 heavy (non-hydrogen) atoms. The van der Waals surface area contributed by atoms with Gasteiger partial charge in [0.1, 0.15) is 5.92 Å². The molecular formula is C27H26N2O3. The number of anilines is 1. The predicted molar refractivity (Wildman–Crippen MR) is 124 cm³/mol. The van der Waals surface area contributed by atoms with Gasteiger partial charge in [0.15, 0.2) is 5.78 Å². The summed E-state index contributed by atoms with van der Waals surface area (Å²) < 4.78 is 5.06. The number of ketones is 1. The van der Waals surface area contributed by atoms with Crippen LogP contribution in [-0.2, 0) is 14.3 Å². The van der Waals surface area contributed by atoms with Gasteiger partial charge in [-0.2, -0.15) is 0 Å². The van der Waals surface area contributed by atoms with Crippen molar-refractivity contribution in [3.8, 4) is 0 Å². The number of carbonyl (C=O) groups excluding carboxylic acids is 2. The van der Waals surface area contributed by atoms with E-state index in [4.69, 9.17) is 4.74 Å². The third kappa shape index (κ3) is 3.03. The van der Waals surface area contributed by atoms with E-state index in [0.29, 0.717) is 12.0 Å². The fourth-order valence-electron chi connectivity index (χ4n) is 5.28. The van der Waals surface area contributed by atoms with Crippen LogP contribution in [0.25, 0.3) is 10.9 Å². The van der Waals surface area contributed by atoms with Gasteiger partial charge in [-0.15, -0.1) is 0 Å². The van der Waals surface area contributed by atoms with Crippen LogP contribution in [0.4, 0.5) is 5.69 Å². The summed E-state index contributed by atoms with van der Waals surface area (Å²) in [7, 11) is 1.35. The van der Waals surface area contributed by atoms with Crippen molar-refractivity contribution in [1.82, 2.24) is 4.98 Å². The van der Waals surface area contributed by atoms with Gasteiger partial charge in [-0.3, -0.25) is 14.6 Å². The molecule has 2 atom stereocenters. The molecule has 5 nitrogen and oxygen atoms in total. The number of aromatic nitrogens is 1. The van der Waals surface area contributed by atoms with Gasteiger partial charge in [-0.25, -0.2) is 0 Å². The number of nitrogens with one attached hydrogen (secondary N) is 1. The lowest BCUT2D eigenvalue weighted by Crippen LogP contribution is -2.45. The number of rotatable bonds is 2. The first-order valence-corrected chi connectivity index (χ1v) is 10.9. The van der Waals surface area contributed by atoms with Crippen LogP contribution in [0.1, 0.15) is 42.9 Å². The molecule has 3 aromatic rings. The van der Waals surface area contributed by atoms with E-state index in [9.17, 15) is 9.59 Å². The van der Waals surface area contributed by atoms with Gasteiger partial charge in [0.25, 0.3) is 0 Å². The molecule has 0 spiro atoms. The first kappa shape index (κ1) is 20.4. The number of hydrogen-bond acceptors (Lipinski definition) is 5. The van der Waals surface area contributed by atoms with E-state index >= 15 is 0 Å². The Labute approximate surface area is 187 Å². The smallest absolute Gasteiger partial charge is 0.317 e. The number of allylic oxidation sites excluding steroid dienone is 2. The standard InChI is InChI=1S/C27H26N2O3/c1-15-7-9-16(10-8-15)21-22-17-6-5-13-28-18(17)11-12-19(22)29-20-14-27(2,3)24(26(31)32-4)25(30)23(20)21/h5-13,21,24,29H,14H2,1-4H3/t21-,24+/m1/s1. The Hall–Kier alpha value is -3.47. The number of benzene rings is 2. The third-order valence-corrected chi connectivity index (χ3v) is 6.80. The van der Waals surface area contributed by atoms with Crippen molar-refractivity contribution < 1.29 is 14.3 Å². The normalized spacial score (nSPS) is 21.6. The molecule has 1 aliphatic heterocycles. The number of hydrogen-bond donors (Lipinski definition) is 1. The van der Waals surface area contributed by atoms with Crippen LogP contribution in [0, 0.1) is 18.3 Å². The fourth-order valence-corrected chi connectivity index (χ4v) is 5.28. The lowest BCUT2D eigenvalue weighted by Gasteiger charge is -2.43. The highest BCUT2D eigenvalue weighted by atomic mass is 16.5. The Balaban J connectivity index is 1.80. The number of pyridine rings is 1. The van der Waals surface area contributed by atoms with E-state index in [-0.39, 0.29) is 11.7 Å². The zero-order valence-corrected chi connectivity index (χ0v) is 18.7. The van der Waals surface area contributed by atoms with Crippen LogP contribution in [-0.4, -0.2) is 23.8 Å². The molecule has 0 bridgehead atoms. The summed E-state index contributed by atoms with van der Waals surface area (Å²) >= 11 is 0. The summed E-state index contributed by atoms with van der Waals surface area (Å²) in [6, 6.07) is 16.3. The highest BCUT2D eigenvalue weighted by molar-refractivity contribution is 6.13. The van der Waals surface area contributed by atoms with Crippen LogP contribution in [0.15, 0.2) is 66.0 Å². The van der Waals surface area contributed by atoms with Crippen molar-refractivity contribution in [3.05, 3.63) is 82.7 Å². The van der Waals surface area contributed by atoms with E-state index in [1.165, 1.54) is 7.11 Å². The topological polar surface area (TPSA) is 68.3 Å². The van der Waals surface area contributed by atoms with Gasteiger partial charge >= 0.3 is 5.97 Å². The molecule has 2 aromatic carbocycles. The molecule has 2 heterocycles. The third-order valence-electron chi connectivity index (χ3n) is 6.80. The molecule has 2 aliphatic rings. The Morgan fingerprint density at radius 1 is 1.12 bits per heavy atom. The van der Waals surface area contributed by atoms with Crippen molar-refractivity contribution in [2.75, 3.05) is 12.4 Å². The minimum Gasteiger partial charge on any atom is -0.468 e. The zero-order valence-electron chi connectivity index (χ0n) is 18.7. The first-order valence-electron chi connectivity index (χ1n) is 10.9. The lowest BCUT2D eigenvalue weighted by molar-refractivity contribution is -0.154. The monoisotopic (exact) mass is 426 g/mol. The van der Waals surface area contributed by atoms with E-state index in [1.807, 2.05) is 45.0 Å². The fraction of sp³-hybridized carbons (Fsp3) is 0.296. The Morgan fingerprint density at radius 2 is 1.88 bits per heavy atom. The molecule has 0 unspecified atom stereocenters. The second-order valence-corrected chi connectivity index (χ2v) is 9.44. The van der Waals surface area contributed by atoms with Crippen LogP contribution in [0.3, 0.4) is 0 Å². The summed E-state index contributed by atoms with van der Waals surface area (Å²) in [6.45, 7) is 5.96. The second-order valence-electron chi connectivity index (χ2n) is 9.44. The largest absolute Gasteiger partial charge is 0.468 e. The summed E-state index contributed by atoms with van der Waals surface area (Å²) in [5.74, 6) is -1.76. The lowest BCUT2D eigenvalue weighted by atomic mass is 9.63. The number of esters is 1. The van der Waals surface area contributed by atoms with E-state index in [0.717, 1.165) is 39.0 Å². The molecule has 1 aliphatic carbocycles. The van der Waals surface area contributed by atoms with Gasteiger partial charge in [0.2, 0.25) is 0 Å². The molecule has 0 saturated carbocycles. The molecule has 0 amide bonds. The Kier molecular flexibility index (Phi) is 4.66. The van der Waals surface area contributed by atoms with Crippen LogP contribution < -0.4 is 5.32 Å². The van der Waals surface area contributed by atoms with Gasteiger partial charge in [0.05, 0.1) is 12.6 Å². The number of fused-ring (bicyclic) bond motifs is 3. The Morgan fingerprint density at radius 3 is 2.59 bits per heavy atom. The quantitative estimate of drug-likeness (QED) is 0.454. The second kappa shape index (κ2) is 7.30. The van der Waals surface area contributed by atoms with Crippen LogP contribution in [0.2, 0.25) is 0 Å². The first-order chi connectivity index (χ1) is 15.3. The highest BCUT2D eigenvalue weighted by Gasteiger charge is 2.51. The number of ether oxygens (including phenoxy) is 1. The molecule has 5 heteroatoms. The average molecular weight is 427 g/mol. The molecule has 5 rings (SSSR count). The summed E-state index contributed by atoms with van der Waals surface area (Å²) in [5, 5.41) is 4.55. The molecule has 1 aromatic heterocycles. The molecule has 162 valence electrons. The number of Topliss-reactive ketones (excluding diaryl/α,β-unsaturated/α-hetero) is 1. The molecule has 0 radical (unpaired) electrons. The highest BCUT2D eigenvalue weighted by Crippen LogP contribution is 2.52. The maximum Gasteiger partial charge on any atom is 0.317 e. The summed E-state index contributed by atoms with van der Waals surface area (Å²) in [6.07, 6.45) is 2.36. The minimum atomic E-state index is -0.837. The van der Waals surface area contributed by atoms with Crippen molar-refractivity contribution in [1.29, 1.82) is 0 Å². The van der Waals surface area contributed by atoms with Crippen molar-refractivity contribution in [3.63, 3.8) is 0 Å². The van der Waals surface area contributed by atoms with E-state index < -0.39 is 17.3 Å². The van der Waals surface area contributed by atoms with Gasteiger partial charge in [-0.05, 0) is 48.1 Å². The maximum atomic E-state index is 14.0. The molecule has 0 fully saturated rings. The zero-order chi connectivity index (χ0) is 22.6. The summed E-state index contributed by atoms with van der Waals surface area (Å²) in [5.41, 5.74) is 6.06. The van der Waals surface area contributed by atoms with Crippen LogP contribution in [0.5, 0.6) is 0 Å². The molecule has 1 N–H and O–H groups in total. The maximum absolute atomic E-state index is 14.0. The predicted octanol–water partition coefficient (Wildman–Crippen LogP) is 5.14. The SMILES string of the molecule is COC(=O)[C@@H]1C(=O)C2=C(CC1(C)C)Nc1ccc3ncccc3c1[C@H]2c1ccc(C)cc1. The number of methoxy groups -OCH3 is 1. The number of nitrogens with zero attached hydrogens (tertiary/aromatic N) is 1. The number of carbonyl (C=O) groups is 2. The molecule has 0 saturated heterocycles. The van der Waals surface area contributed by atoms with Crippen molar-refractivity contribution in [2.24, 2.45) is 11.3 Å². The van der Waals surface area contributed by atoms with Crippen molar-refractivity contribution >= 4 is 28.3 Å². The van der Waals surface area contributed by atoms with Gasteiger partial charge in [-0.1, -0.05) is 49.7 Å². The number of aryl methyl sites for hydroxylation is 1. The summed E-state index contributed by atoms with van der Waals surface area (Å²) in [4.78, 5) is 31.2. The average Bonchev–Trinajstić information content (AvgIpc) is 2.77. The van der Waals surface area contributed by atoms with E-state index in [2.05, 4.69) is 34.6 Å². The Bertz CT molecular complexity index is 1290. The van der Waals surface area contributed by atoms with E-state index in [1.54, 1.807) is 6.20 Å². The molecular weight excluding hydrogens is 400 g/mol. The van der Waals surface area contributed by atoms with Crippen LogP contribution >= 0.6 is 0 Å². The van der Waals surface area contributed by atoms with Crippen molar-refractivity contribution in [2.45, 2.75) is 33.1 Å². The van der Waals surface area contributed by atoms with Gasteiger partial charge < -0.3 is 10.1 Å². The van der Waals surface area contributed by atoms with Gasteiger partial charge in [0, 0.05) is 34.5 Å².